The van der Waals surface area contributed by atoms with Gasteiger partial charge in [-0.05, 0) is 56.0 Å². The second kappa shape index (κ2) is 8.71. The number of furan rings is 1. The fraction of sp³-hybridized carbons (Fsp3) is 0.273. The molecule has 0 spiro atoms. The van der Waals surface area contributed by atoms with E-state index in [1.54, 1.807) is 37.5 Å². The normalized spacial score (nSPS) is 13.5. The Morgan fingerprint density at radius 3 is 2.83 bits per heavy atom. The molecule has 2 amide bonds. The molecule has 0 unspecified atom stereocenters. The van der Waals surface area contributed by atoms with Crippen molar-refractivity contribution in [2.45, 2.75) is 38.8 Å². The van der Waals surface area contributed by atoms with Crippen LogP contribution in [0, 0.1) is 5.82 Å². The lowest BCUT2D eigenvalue weighted by Crippen LogP contribution is -2.31. The fourth-order valence-electron chi connectivity index (χ4n) is 3.40. The number of anilines is 1. The Bertz CT molecular complexity index is 1060. The summed E-state index contributed by atoms with van der Waals surface area (Å²) in [6, 6.07) is 9.45. The molecule has 0 aliphatic heterocycles. The van der Waals surface area contributed by atoms with Gasteiger partial charge in [0, 0.05) is 4.88 Å². The molecule has 4 rings (SSSR count). The molecule has 0 saturated carbocycles. The highest BCUT2D eigenvalue weighted by Gasteiger charge is 2.28. The van der Waals surface area contributed by atoms with E-state index >= 15 is 0 Å². The number of hydrogen-bond donors (Lipinski definition) is 2. The molecule has 1 atom stereocenters. The van der Waals surface area contributed by atoms with Crippen molar-refractivity contribution in [1.82, 2.24) is 5.32 Å². The van der Waals surface area contributed by atoms with E-state index in [0.29, 0.717) is 16.3 Å². The molecule has 1 aliphatic carbocycles. The van der Waals surface area contributed by atoms with Crippen molar-refractivity contribution < 1.29 is 23.1 Å². The number of carbonyl (C=O) groups excluding carboxylic acids is 2. The van der Waals surface area contributed by atoms with Crippen molar-refractivity contribution in [2.75, 3.05) is 5.32 Å². The minimum absolute atomic E-state index is 0.00485. The van der Waals surface area contributed by atoms with Crippen molar-refractivity contribution in [3.63, 3.8) is 0 Å². The minimum atomic E-state index is -0.933. The van der Waals surface area contributed by atoms with Crippen LogP contribution in [0.25, 0.3) is 0 Å². The summed E-state index contributed by atoms with van der Waals surface area (Å²) in [5.74, 6) is -0.592. The Balaban J connectivity index is 1.49. The largest absolute Gasteiger partial charge is 0.478 e. The number of rotatable bonds is 7. The first kappa shape index (κ1) is 20.2. The first-order valence-corrected chi connectivity index (χ1v) is 10.5. The Kier molecular flexibility index (Phi) is 5.85. The van der Waals surface area contributed by atoms with E-state index in [1.807, 2.05) is 0 Å². The zero-order valence-electron chi connectivity index (χ0n) is 16.4. The number of fused-ring (bicyclic) bond motifs is 1. The molecule has 6 nitrogen and oxygen atoms in total. The molecule has 0 bridgehead atoms. The maximum absolute atomic E-state index is 13.8. The van der Waals surface area contributed by atoms with Gasteiger partial charge < -0.3 is 19.8 Å². The van der Waals surface area contributed by atoms with E-state index in [0.717, 1.165) is 29.7 Å². The maximum Gasteiger partial charge on any atom is 0.265 e. The smallest absolute Gasteiger partial charge is 0.265 e. The van der Waals surface area contributed by atoms with Crippen LogP contribution in [0.1, 0.15) is 39.9 Å². The first-order chi connectivity index (χ1) is 14.5. The van der Waals surface area contributed by atoms with Gasteiger partial charge in [0.15, 0.2) is 17.7 Å². The monoisotopic (exact) mass is 428 g/mol. The summed E-state index contributed by atoms with van der Waals surface area (Å²) >= 11 is 1.41. The number of benzene rings is 1. The summed E-state index contributed by atoms with van der Waals surface area (Å²) in [5, 5.41) is 6.14. The highest BCUT2D eigenvalue weighted by atomic mass is 32.1. The number of carbonyl (C=O) groups is 2. The van der Waals surface area contributed by atoms with E-state index in [4.69, 9.17) is 9.15 Å². The van der Waals surface area contributed by atoms with E-state index in [9.17, 15) is 14.0 Å². The van der Waals surface area contributed by atoms with Crippen molar-refractivity contribution >= 4 is 28.2 Å². The average molecular weight is 428 g/mol. The number of amides is 2. The fourth-order valence-corrected chi connectivity index (χ4v) is 4.69. The van der Waals surface area contributed by atoms with E-state index in [1.165, 1.54) is 23.5 Å². The lowest BCUT2D eigenvalue weighted by atomic mass is 10.1. The van der Waals surface area contributed by atoms with Crippen LogP contribution in [-0.2, 0) is 24.2 Å². The Morgan fingerprint density at radius 1 is 1.23 bits per heavy atom. The van der Waals surface area contributed by atoms with Gasteiger partial charge in [0.25, 0.3) is 11.8 Å². The molecule has 0 saturated heterocycles. The number of aryl methyl sites for hydroxylation is 1. The Hall–Kier alpha value is -3.13. The molecule has 30 heavy (non-hydrogen) atoms. The predicted molar refractivity (Wildman–Crippen MR) is 111 cm³/mol. The molecular formula is C22H21FN2O4S. The van der Waals surface area contributed by atoms with Gasteiger partial charge in [-0.15, -0.1) is 11.3 Å². The standard InChI is InChI=1S/C22H21FN2O4S/c1-13(29-17-9-3-2-8-16(17)23)20(26)25-22-19(15-7-4-10-18(15)30-22)21(27)24-12-14-6-5-11-28-14/h2-3,5-6,8-9,11,13H,4,7,10,12H2,1H3,(H,24,27)(H,25,26)/t13-/m0/s1. The molecule has 0 radical (unpaired) electrons. The topological polar surface area (TPSA) is 80.6 Å². The number of thiophene rings is 1. The molecule has 3 aromatic rings. The van der Waals surface area contributed by atoms with Gasteiger partial charge in [0.1, 0.15) is 10.8 Å². The minimum Gasteiger partial charge on any atom is -0.478 e. The van der Waals surface area contributed by atoms with Gasteiger partial charge in [0.2, 0.25) is 0 Å². The molecular weight excluding hydrogens is 407 g/mol. The zero-order chi connectivity index (χ0) is 21.1. The lowest BCUT2D eigenvalue weighted by Gasteiger charge is -2.15. The predicted octanol–water partition coefficient (Wildman–Crippen LogP) is 4.30. The number of nitrogens with one attached hydrogen (secondary N) is 2. The number of para-hydroxylation sites is 1. The number of halogens is 1. The van der Waals surface area contributed by atoms with E-state index in [-0.39, 0.29) is 18.2 Å². The Morgan fingerprint density at radius 2 is 2.07 bits per heavy atom. The summed E-state index contributed by atoms with van der Waals surface area (Å²) in [6.45, 7) is 1.80. The summed E-state index contributed by atoms with van der Waals surface area (Å²) in [4.78, 5) is 26.7. The molecule has 2 aromatic heterocycles. The van der Waals surface area contributed by atoms with E-state index < -0.39 is 17.8 Å². The zero-order valence-corrected chi connectivity index (χ0v) is 17.2. The second-order valence-corrected chi connectivity index (χ2v) is 8.11. The SMILES string of the molecule is C[C@H](Oc1ccccc1F)C(=O)Nc1sc2c(c1C(=O)NCc1ccco1)CCC2. The van der Waals surface area contributed by atoms with Gasteiger partial charge in [-0.2, -0.15) is 0 Å². The molecule has 2 N–H and O–H groups in total. The van der Waals surface area contributed by atoms with Crippen LogP contribution in [0.4, 0.5) is 9.39 Å². The highest BCUT2D eigenvalue weighted by molar-refractivity contribution is 7.17. The highest BCUT2D eigenvalue weighted by Crippen LogP contribution is 2.39. The van der Waals surface area contributed by atoms with Crippen LogP contribution in [0.2, 0.25) is 0 Å². The second-order valence-electron chi connectivity index (χ2n) is 7.00. The summed E-state index contributed by atoms with van der Waals surface area (Å²) in [6.07, 6.45) is 3.28. The van der Waals surface area contributed by atoms with Gasteiger partial charge in [-0.3, -0.25) is 9.59 Å². The first-order valence-electron chi connectivity index (χ1n) is 9.70. The molecule has 0 fully saturated rings. The summed E-state index contributed by atoms with van der Waals surface area (Å²) in [7, 11) is 0. The number of ether oxygens (including phenoxy) is 1. The summed E-state index contributed by atoms with van der Waals surface area (Å²) in [5.41, 5.74) is 1.47. The molecule has 156 valence electrons. The lowest BCUT2D eigenvalue weighted by molar-refractivity contribution is -0.122. The molecule has 8 heteroatoms. The van der Waals surface area contributed by atoms with Crippen LogP contribution in [-0.4, -0.2) is 17.9 Å². The molecule has 1 aromatic carbocycles. The summed E-state index contributed by atoms with van der Waals surface area (Å²) < 4.78 is 24.5. The quantitative estimate of drug-likeness (QED) is 0.588. The van der Waals surface area contributed by atoms with E-state index in [2.05, 4.69) is 10.6 Å². The van der Waals surface area contributed by atoms with Gasteiger partial charge in [-0.1, -0.05) is 12.1 Å². The third-order valence-electron chi connectivity index (χ3n) is 4.90. The van der Waals surface area contributed by atoms with Crippen LogP contribution >= 0.6 is 11.3 Å². The van der Waals surface area contributed by atoms with Gasteiger partial charge >= 0.3 is 0 Å². The van der Waals surface area contributed by atoms with Crippen LogP contribution < -0.4 is 15.4 Å². The molecule has 2 heterocycles. The van der Waals surface area contributed by atoms with Gasteiger partial charge in [0.05, 0.1) is 18.4 Å². The van der Waals surface area contributed by atoms with Crippen molar-refractivity contribution in [3.05, 3.63) is 70.2 Å². The van der Waals surface area contributed by atoms with Crippen LogP contribution in [0.15, 0.2) is 47.1 Å². The van der Waals surface area contributed by atoms with Crippen molar-refractivity contribution in [1.29, 1.82) is 0 Å². The van der Waals surface area contributed by atoms with Crippen LogP contribution in [0.5, 0.6) is 5.75 Å². The third kappa shape index (κ3) is 4.23. The Labute approximate surface area is 177 Å². The van der Waals surface area contributed by atoms with Crippen molar-refractivity contribution in [3.8, 4) is 5.75 Å². The molecule has 1 aliphatic rings. The maximum atomic E-state index is 13.8. The number of hydrogen-bond acceptors (Lipinski definition) is 5. The average Bonchev–Trinajstić information content (AvgIpc) is 3.45. The van der Waals surface area contributed by atoms with Gasteiger partial charge in [-0.25, -0.2) is 4.39 Å². The van der Waals surface area contributed by atoms with Crippen LogP contribution in [0.3, 0.4) is 0 Å². The van der Waals surface area contributed by atoms with Crippen molar-refractivity contribution in [2.24, 2.45) is 0 Å². The third-order valence-corrected chi connectivity index (χ3v) is 6.11.